The van der Waals surface area contributed by atoms with Crippen molar-refractivity contribution in [1.29, 1.82) is 0 Å². The molecule has 4 rings (SSSR count). The number of aromatic nitrogens is 5. The Hall–Kier alpha value is -2.22. The van der Waals surface area contributed by atoms with E-state index in [1.54, 1.807) is 11.8 Å². The number of carbonyl (C=O) groups is 1. The minimum atomic E-state index is 0.138. The monoisotopic (exact) mass is 344 g/mol. The van der Waals surface area contributed by atoms with Gasteiger partial charge in [-0.2, -0.15) is 10.2 Å². The highest BCUT2D eigenvalue weighted by molar-refractivity contribution is 5.78. The Morgan fingerprint density at radius 3 is 2.92 bits per heavy atom. The summed E-state index contributed by atoms with van der Waals surface area (Å²) < 4.78 is 6.84. The van der Waals surface area contributed by atoms with Gasteiger partial charge in [0.25, 0.3) is 0 Å². The molecular weight excluding hydrogens is 320 g/mol. The Balaban J connectivity index is 1.47. The lowest BCUT2D eigenvalue weighted by Crippen LogP contribution is -2.30. The number of aromatic amines is 1. The Kier molecular flexibility index (Phi) is 4.29. The molecule has 1 N–H and O–H groups in total. The summed E-state index contributed by atoms with van der Waals surface area (Å²) in [7, 11) is 3.51. The van der Waals surface area contributed by atoms with Crippen molar-refractivity contribution in [1.82, 2.24) is 29.9 Å². The van der Waals surface area contributed by atoms with Gasteiger partial charge in [-0.15, -0.1) is 0 Å². The van der Waals surface area contributed by atoms with E-state index in [1.807, 2.05) is 24.2 Å². The first-order valence-electron chi connectivity index (χ1n) is 8.80. The maximum atomic E-state index is 12.7. The number of H-pyrrole nitrogens is 1. The third-order valence-electron chi connectivity index (χ3n) is 5.21. The summed E-state index contributed by atoms with van der Waals surface area (Å²) in [5.41, 5.74) is 0.819. The lowest BCUT2D eigenvalue weighted by atomic mass is 9.91. The fourth-order valence-electron chi connectivity index (χ4n) is 3.81. The molecule has 2 atom stereocenters. The van der Waals surface area contributed by atoms with Crippen LogP contribution in [0.25, 0.3) is 0 Å². The van der Waals surface area contributed by atoms with Crippen molar-refractivity contribution in [3.63, 3.8) is 0 Å². The van der Waals surface area contributed by atoms with Gasteiger partial charge in [-0.3, -0.25) is 14.6 Å². The van der Waals surface area contributed by atoms with Crippen LogP contribution in [-0.4, -0.2) is 56.0 Å². The number of ether oxygens (including phenoxy) is 1. The number of carbonyl (C=O) groups excluding carboxylic acids is 1. The Morgan fingerprint density at radius 2 is 2.24 bits per heavy atom. The summed E-state index contributed by atoms with van der Waals surface area (Å²) in [6.07, 6.45) is 4.72. The first-order valence-corrected chi connectivity index (χ1v) is 8.80. The number of nitrogens with zero attached hydrogens (tertiary/aromatic N) is 5. The predicted octanol–water partition coefficient (Wildman–Crippen LogP) is 0.879. The van der Waals surface area contributed by atoms with Crippen molar-refractivity contribution in [2.75, 3.05) is 20.2 Å². The normalized spacial score (nSPS) is 23.4. The van der Waals surface area contributed by atoms with Gasteiger partial charge in [0, 0.05) is 39.4 Å². The largest absolute Gasteiger partial charge is 0.377 e. The minimum absolute atomic E-state index is 0.138. The van der Waals surface area contributed by atoms with Gasteiger partial charge < -0.3 is 9.64 Å². The molecule has 1 amide bonds. The highest BCUT2D eigenvalue weighted by atomic mass is 16.5. The molecular formula is C17H24N6O2. The molecule has 1 aliphatic heterocycles. The molecule has 8 nitrogen and oxygen atoms in total. The zero-order chi connectivity index (χ0) is 17.4. The van der Waals surface area contributed by atoms with E-state index >= 15 is 0 Å². The standard InChI is InChI=1S/C17H24N6O2/c1-22-6-5-12(21-22)7-16(24)23-8-13(11-3-4-11)14(9-23)17-18-15(10-25-2)19-20-17/h5-6,11,13-14H,3-4,7-10H2,1-2H3,(H,18,19,20)/t13-,14+/m1/s1. The fourth-order valence-corrected chi connectivity index (χ4v) is 3.81. The zero-order valence-electron chi connectivity index (χ0n) is 14.7. The van der Waals surface area contributed by atoms with Crippen molar-refractivity contribution in [2.45, 2.75) is 31.8 Å². The van der Waals surface area contributed by atoms with Crippen molar-refractivity contribution < 1.29 is 9.53 Å². The summed E-state index contributed by atoms with van der Waals surface area (Å²) in [5, 5.41) is 11.7. The highest BCUT2D eigenvalue weighted by Crippen LogP contribution is 2.47. The highest BCUT2D eigenvalue weighted by Gasteiger charge is 2.45. The lowest BCUT2D eigenvalue weighted by molar-refractivity contribution is -0.129. The molecule has 2 fully saturated rings. The lowest BCUT2D eigenvalue weighted by Gasteiger charge is -2.15. The van der Waals surface area contributed by atoms with Crippen molar-refractivity contribution >= 4 is 5.91 Å². The summed E-state index contributed by atoms with van der Waals surface area (Å²) >= 11 is 0. The van der Waals surface area contributed by atoms with Crippen LogP contribution < -0.4 is 0 Å². The molecule has 2 aliphatic rings. The predicted molar refractivity (Wildman–Crippen MR) is 89.5 cm³/mol. The molecule has 1 saturated carbocycles. The van der Waals surface area contributed by atoms with E-state index in [9.17, 15) is 4.79 Å². The Morgan fingerprint density at radius 1 is 1.40 bits per heavy atom. The van der Waals surface area contributed by atoms with Crippen LogP contribution in [0.3, 0.4) is 0 Å². The van der Waals surface area contributed by atoms with Crippen LogP contribution >= 0.6 is 0 Å². The third-order valence-corrected chi connectivity index (χ3v) is 5.21. The van der Waals surface area contributed by atoms with Crippen LogP contribution in [-0.2, 0) is 29.6 Å². The summed E-state index contributed by atoms with van der Waals surface area (Å²) in [6, 6.07) is 1.90. The number of nitrogens with one attached hydrogen (secondary N) is 1. The van der Waals surface area contributed by atoms with E-state index < -0.39 is 0 Å². The van der Waals surface area contributed by atoms with Gasteiger partial charge in [0.15, 0.2) is 11.6 Å². The SMILES string of the molecule is COCc1nc([C@H]2CN(C(=O)Cc3ccn(C)n3)C[C@@H]2C2CC2)n[nH]1. The van der Waals surface area contributed by atoms with E-state index in [0.29, 0.717) is 31.4 Å². The molecule has 1 saturated heterocycles. The molecule has 25 heavy (non-hydrogen) atoms. The molecule has 0 spiro atoms. The van der Waals surface area contributed by atoms with Crippen molar-refractivity contribution in [3.8, 4) is 0 Å². The zero-order valence-corrected chi connectivity index (χ0v) is 14.7. The molecule has 0 unspecified atom stereocenters. The van der Waals surface area contributed by atoms with E-state index in [1.165, 1.54) is 12.8 Å². The van der Waals surface area contributed by atoms with Gasteiger partial charge >= 0.3 is 0 Å². The minimum Gasteiger partial charge on any atom is -0.377 e. The number of likely N-dealkylation sites (tertiary alicyclic amines) is 1. The fraction of sp³-hybridized carbons (Fsp3) is 0.647. The smallest absolute Gasteiger partial charge is 0.228 e. The topological polar surface area (TPSA) is 88.9 Å². The van der Waals surface area contributed by atoms with Crippen LogP contribution in [0.15, 0.2) is 12.3 Å². The number of hydrogen-bond donors (Lipinski definition) is 1. The van der Waals surface area contributed by atoms with E-state index in [4.69, 9.17) is 4.74 Å². The summed E-state index contributed by atoms with van der Waals surface area (Å²) in [4.78, 5) is 19.3. The van der Waals surface area contributed by atoms with Gasteiger partial charge in [0.1, 0.15) is 6.61 Å². The quantitative estimate of drug-likeness (QED) is 0.840. The van der Waals surface area contributed by atoms with Crippen molar-refractivity contribution in [3.05, 3.63) is 29.6 Å². The maximum Gasteiger partial charge on any atom is 0.228 e. The van der Waals surface area contributed by atoms with Gasteiger partial charge in [-0.05, 0) is 30.7 Å². The number of hydrogen-bond acceptors (Lipinski definition) is 5. The Bertz CT molecular complexity index is 750. The molecule has 0 aromatic carbocycles. The molecule has 3 heterocycles. The van der Waals surface area contributed by atoms with E-state index in [-0.39, 0.29) is 11.8 Å². The second-order valence-corrected chi connectivity index (χ2v) is 7.14. The summed E-state index contributed by atoms with van der Waals surface area (Å²) in [6.45, 7) is 1.92. The number of methoxy groups -OCH3 is 1. The number of amides is 1. The average Bonchev–Trinajstić information content (AvgIpc) is 2.98. The Labute approximate surface area is 146 Å². The maximum absolute atomic E-state index is 12.7. The van der Waals surface area contributed by atoms with Crippen LogP contribution in [0, 0.1) is 11.8 Å². The van der Waals surface area contributed by atoms with E-state index in [0.717, 1.165) is 23.9 Å². The molecule has 0 bridgehead atoms. The first kappa shape index (κ1) is 16.3. The van der Waals surface area contributed by atoms with Gasteiger partial charge in [0.05, 0.1) is 12.1 Å². The number of aryl methyl sites for hydroxylation is 1. The van der Waals surface area contributed by atoms with Crippen LogP contribution in [0.1, 0.15) is 36.1 Å². The van der Waals surface area contributed by atoms with Crippen LogP contribution in [0.4, 0.5) is 0 Å². The van der Waals surface area contributed by atoms with Gasteiger partial charge in [-0.25, -0.2) is 4.98 Å². The van der Waals surface area contributed by atoms with Crippen molar-refractivity contribution in [2.24, 2.45) is 18.9 Å². The molecule has 134 valence electrons. The first-order chi connectivity index (χ1) is 12.1. The third kappa shape index (κ3) is 3.44. The van der Waals surface area contributed by atoms with Crippen LogP contribution in [0.2, 0.25) is 0 Å². The molecule has 2 aromatic heterocycles. The molecule has 0 radical (unpaired) electrons. The van der Waals surface area contributed by atoms with Gasteiger partial charge in [-0.1, -0.05) is 0 Å². The van der Waals surface area contributed by atoms with E-state index in [2.05, 4.69) is 20.3 Å². The molecule has 1 aliphatic carbocycles. The second-order valence-electron chi connectivity index (χ2n) is 7.14. The second kappa shape index (κ2) is 6.59. The molecule has 2 aromatic rings. The number of rotatable bonds is 6. The molecule has 8 heteroatoms. The average molecular weight is 344 g/mol. The van der Waals surface area contributed by atoms with Gasteiger partial charge in [0.2, 0.25) is 5.91 Å². The summed E-state index contributed by atoms with van der Waals surface area (Å²) in [5.74, 6) is 3.06. The van der Waals surface area contributed by atoms with Crippen LogP contribution in [0.5, 0.6) is 0 Å².